The van der Waals surface area contributed by atoms with Gasteiger partial charge < -0.3 is 5.32 Å². The van der Waals surface area contributed by atoms with Crippen molar-refractivity contribution in [3.8, 4) is 0 Å². The lowest BCUT2D eigenvalue weighted by atomic mass is 10.2. The second-order valence-corrected chi connectivity index (χ2v) is 6.21. The number of hydrogen-bond acceptors (Lipinski definition) is 3. The van der Waals surface area contributed by atoms with Gasteiger partial charge in [-0.25, -0.2) is 4.98 Å². The highest BCUT2D eigenvalue weighted by molar-refractivity contribution is 7.14. The molecule has 0 unspecified atom stereocenters. The average molecular weight is 293 g/mol. The minimum absolute atomic E-state index is 0.103. The van der Waals surface area contributed by atoms with Crippen LogP contribution in [-0.4, -0.2) is 10.9 Å². The molecule has 1 N–H and O–H groups in total. The van der Waals surface area contributed by atoms with Gasteiger partial charge >= 0.3 is 0 Å². The molecule has 98 valence electrons. The highest BCUT2D eigenvalue weighted by atomic mass is 35.5. The molecule has 2 heterocycles. The molecule has 0 atom stereocenters. The van der Waals surface area contributed by atoms with Crippen LogP contribution in [0, 0.1) is 6.92 Å². The molecule has 3 nitrogen and oxygen atoms in total. The van der Waals surface area contributed by atoms with Crippen molar-refractivity contribution in [2.24, 2.45) is 0 Å². The molecule has 0 fully saturated rings. The fourth-order valence-corrected chi connectivity index (χ4v) is 3.56. The minimum Gasteiger partial charge on any atom is -0.319 e. The van der Waals surface area contributed by atoms with E-state index in [0.29, 0.717) is 10.8 Å². The number of pyridine rings is 1. The van der Waals surface area contributed by atoms with E-state index in [0.717, 1.165) is 23.3 Å². The van der Waals surface area contributed by atoms with Gasteiger partial charge in [-0.05, 0) is 49.4 Å². The van der Waals surface area contributed by atoms with Crippen molar-refractivity contribution in [3.05, 3.63) is 44.4 Å². The molecule has 3 rings (SSSR count). The Labute approximate surface area is 120 Å². The van der Waals surface area contributed by atoms with Gasteiger partial charge in [0, 0.05) is 11.1 Å². The molecular formula is C14H13ClN2OS. The number of hydrogen-bond donors (Lipinski definition) is 1. The minimum atomic E-state index is -0.103. The van der Waals surface area contributed by atoms with E-state index in [1.165, 1.54) is 16.9 Å². The van der Waals surface area contributed by atoms with Gasteiger partial charge in [0.2, 0.25) is 0 Å². The number of carbonyl (C=O) groups is 1. The number of amides is 1. The van der Waals surface area contributed by atoms with Crippen molar-refractivity contribution >= 4 is 34.5 Å². The number of thiophene rings is 1. The molecule has 0 saturated carbocycles. The number of aromatic nitrogens is 1. The molecule has 0 bridgehead atoms. The quantitative estimate of drug-likeness (QED) is 0.854. The third-order valence-electron chi connectivity index (χ3n) is 3.19. The lowest BCUT2D eigenvalue weighted by Crippen LogP contribution is -2.11. The topological polar surface area (TPSA) is 42.0 Å². The van der Waals surface area contributed by atoms with Gasteiger partial charge in [0.15, 0.2) is 5.15 Å². The van der Waals surface area contributed by atoms with Crippen LogP contribution in [0.15, 0.2) is 18.3 Å². The number of nitrogens with zero attached hydrogens (tertiary/aromatic N) is 1. The third-order valence-corrected chi connectivity index (χ3v) is 4.73. The van der Waals surface area contributed by atoms with Crippen molar-refractivity contribution < 1.29 is 4.79 Å². The Hall–Kier alpha value is -1.39. The van der Waals surface area contributed by atoms with Crippen molar-refractivity contribution in [1.29, 1.82) is 0 Å². The van der Waals surface area contributed by atoms with Crippen molar-refractivity contribution in [2.45, 2.75) is 26.2 Å². The second kappa shape index (κ2) is 4.94. The summed E-state index contributed by atoms with van der Waals surface area (Å²) in [6.07, 6.45) is 5.07. The fourth-order valence-electron chi connectivity index (χ4n) is 2.27. The normalized spacial score (nSPS) is 13.4. The molecule has 5 heteroatoms. The molecule has 1 aliphatic rings. The summed E-state index contributed by atoms with van der Waals surface area (Å²) >= 11 is 7.56. The number of rotatable bonds is 2. The van der Waals surface area contributed by atoms with Gasteiger partial charge in [-0.3, -0.25) is 4.79 Å². The molecule has 1 aliphatic carbocycles. The van der Waals surface area contributed by atoms with Gasteiger partial charge in [-0.2, -0.15) is 0 Å². The summed E-state index contributed by atoms with van der Waals surface area (Å²) in [6.45, 7) is 1.92. The van der Waals surface area contributed by atoms with Gasteiger partial charge in [-0.1, -0.05) is 11.6 Å². The Bertz CT molecular complexity index is 629. The Morgan fingerprint density at radius 1 is 1.42 bits per heavy atom. The van der Waals surface area contributed by atoms with Crippen LogP contribution in [-0.2, 0) is 12.8 Å². The first kappa shape index (κ1) is 12.6. The maximum absolute atomic E-state index is 12.2. The molecule has 1 amide bonds. The summed E-state index contributed by atoms with van der Waals surface area (Å²) in [6, 6.07) is 3.83. The average Bonchev–Trinajstić information content (AvgIpc) is 2.94. The van der Waals surface area contributed by atoms with Crippen LogP contribution in [0.2, 0.25) is 5.15 Å². The molecule has 0 saturated heterocycles. The van der Waals surface area contributed by atoms with Crippen LogP contribution in [0.4, 0.5) is 5.69 Å². The summed E-state index contributed by atoms with van der Waals surface area (Å²) in [4.78, 5) is 18.3. The number of halogens is 1. The molecule has 0 radical (unpaired) electrons. The molecule has 0 spiro atoms. The Morgan fingerprint density at radius 3 is 3.05 bits per heavy atom. The van der Waals surface area contributed by atoms with E-state index in [-0.39, 0.29) is 5.91 Å². The number of aryl methyl sites for hydroxylation is 3. The summed E-state index contributed by atoms with van der Waals surface area (Å²) in [5.41, 5.74) is 2.86. The van der Waals surface area contributed by atoms with Crippen molar-refractivity contribution in [3.63, 3.8) is 0 Å². The molecule has 2 aromatic heterocycles. The van der Waals surface area contributed by atoms with Gasteiger partial charge in [0.25, 0.3) is 5.91 Å². The number of anilines is 1. The Kier molecular flexibility index (Phi) is 3.29. The largest absolute Gasteiger partial charge is 0.319 e. The summed E-state index contributed by atoms with van der Waals surface area (Å²) in [7, 11) is 0. The number of carbonyl (C=O) groups excluding carboxylic acids is 1. The van der Waals surface area contributed by atoms with Gasteiger partial charge in [0.1, 0.15) is 0 Å². The molecule has 0 aliphatic heterocycles. The maximum atomic E-state index is 12.2. The molecular weight excluding hydrogens is 280 g/mol. The highest BCUT2D eigenvalue weighted by Gasteiger charge is 2.19. The third kappa shape index (κ3) is 2.51. The molecule has 0 aromatic carbocycles. The standard InChI is InChI=1S/C14H13ClN2OS/c1-8-5-10(13(15)16-7-8)17-14(18)12-6-9-3-2-4-11(9)19-12/h5-7H,2-4H2,1H3,(H,17,18). The van der Waals surface area contributed by atoms with E-state index in [4.69, 9.17) is 11.6 Å². The van der Waals surface area contributed by atoms with E-state index in [9.17, 15) is 4.79 Å². The first-order valence-electron chi connectivity index (χ1n) is 6.18. The monoisotopic (exact) mass is 292 g/mol. The van der Waals surface area contributed by atoms with Gasteiger partial charge in [-0.15, -0.1) is 11.3 Å². The van der Waals surface area contributed by atoms with Crippen LogP contribution >= 0.6 is 22.9 Å². The van der Waals surface area contributed by atoms with Crippen molar-refractivity contribution in [2.75, 3.05) is 5.32 Å². The smallest absolute Gasteiger partial charge is 0.265 e. The van der Waals surface area contributed by atoms with E-state index in [1.807, 2.05) is 19.1 Å². The summed E-state index contributed by atoms with van der Waals surface area (Å²) in [5, 5.41) is 3.16. The van der Waals surface area contributed by atoms with Crippen LogP contribution in [0.1, 0.15) is 32.1 Å². The Morgan fingerprint density at radius 2 is 2.26 bits per heavy atom. The van der Waals surface area contributed by atoms with Crippen LogP contribution in [0.5, 0.6) is 0 Å². The maximum Gasteiger partial charge on any atom is 0.265 e. The van der Waals surface area contributed by atoms with E-state index < -0.39 is 0 Å². The predicted octanol–water partition coefficient (Wildman–Crippen LogP) is 3.85. The lowest BCUT2D eigenvalue weighted by molar-refractivity contribution is 0.103. The van der Waals surface area contributed by atoms with Gasteiger partial charge in [0.05, 0.1) is 10.6 Å². The predicted molar refractivity (Wildman–Crippen MR) is 78.3 cm³/mol. The molecule has 19 heavy (non-hydrogen) atoms. The fraction of sp³-hybridized carbons (Fsp3) is 0.286. The SMILES string of the molecule is Cc1cnc(Cl)c(NC(=O)c2cc3c(s2)CCC3)c1. The Balaban J connectivity index is 1.82. The second-order valence-electron chi connectivity index (χ2n) is 4.72. The van der Waals surface area contributed by atoms with Crippen LogP contribution in [0.25, 0.3) is 0 Å². The van der Waals surface area contributed by atoms with Crippen molar-refractivity contribution in [1.82, 2.24) is 4.98 Å². The summed E-state index contributed by atoms with van der Waals surface area (Å²) < 4.78 is 0. The number of nitrogens with one attached hydrogen (secondary N) is 1. The summed E-state index contributed by atoms with van der Waals surface area (Å²) in [5.74, 6) is -0.103. The first-order valence-corrected chi connectivity index (χ1v) is 7.38. The van der Waals surface area contributed by atoms with E-state index >= 15 is 0 Å². The van der Waals surface area contributed by atoms with Crippen LogP contribution < -0.4 is 5.32 Å². The zero-order valence-corrected chi connectivity index (χ0v) is 12.1. The lowest BCUT2D eigenvalue weighted by Gasteiger charge is -2.06. The van der Waals surface area contributed by atoms with E-state index in [1.54, 1.807) is 17.5 Å². The zero-order chi connectivity index (χ0) is 13.4. The zero-order valence-electron chi connectivity index (χ0n) is 10.5. The van der Waals surface area contributed by atoms with E-state index in [2.05, 4.69) is 10.3 Å². The van der Waals surface area contributed by atoms with Crippen LogP contribution in [0.3, 0.4) is 0 Å². The highest BCUT2D eigenvalue weighted by Crippen LogP contribution is 2.31. The number of fused-ring (bicyclic) bond motifs is 1. The first-order chi connectivity index (χ1) is 9.13. The molecule has 2 aromatic rings.